The van der Waals surface area contributed by atoms with E-state index in [1.807, 2.05) is 30.3 Å². The van der Waals surface area contributed by atoms with E-state index in [2.05, 4.69) is 0 Å². The normalized spacial score (nSPS) is 13.0. The van der Waals surface area contributed by atoms with Crippen molar-refractivity contribution in [1.82, 2.24) is 0 Å². The van der Waals surface area contributed by atoms with Gasteiger partial charge >= 0.3 is 0 Å². The smallest absolute Gasteiger partial charge is 0.194 e. The predicted molar refractivity (Wildman–Crippen MR) is 80.7 cm³/mol. The van der Waals surface area contributed by atoms with E-state index in [4.69, 9.17) is 4.74 Å². The molecule has 0 saturated carbocycles. The zero-order valence-electron chi connectivity index (χ0n) is 12.3. The van der Waals surface area contributed by atoms with E-state index in [1.165, 1.54) is 7.11 Å². The minimum absolute atomic E-state index is 0.0227. The van der Waals surface area contributed by atoms with Crippen LogP contribution in [0.5, 0.6) is 0 Å². The molecular weight excluding hydrogens is 264 g/mol. The summed E-state index contributed by atoms with van der Waals surface area (Å²) in [4.78, 5) is 24.9. The second-order valence-corrected chi connectivity index (χ2v) is 5.68. The number of fused-ring (bicyclic) bond motifs is 3. The third-order valence-corrected chi connectivity index (χ3v) is 4.05. The maximum atomic E-state index is 12.4. The van der Waals surface area contributed by atoms with Gasteiger partial charge in [0.25, 0.3) is 0 Å². The number of hydrogen-bond acceptors (Lipinski definition) is 3. The van der Waals surface area contributed by atoms with Crippen LogP contribution in [-0.4, -0.2) is 24.3 Å². The zero-order valence-corrected chi connectivity index (χ0v) is 12.3. The summed E-state index contributed by atoms with van der Waals surface area (Å²) in [6, 6.07) is 12.8. The summed E-state index contributed by atoms with van der Waals surface area (Å²) in [5, 5.41) is 0. The van der Waals surface area contributed by atoms with Crippen molar-refractivity contribution < 1.29 is 14.3 Å². The summed E-state index contributed by atoms with van der Waals surface area (Å²) in [5.41, 5.74) is 2.71. The predicted octanol–water partition coefficient (Wildman–Crippen LogP) is 3.51. The molecule has 1 aliphatic carbocycles. The molecule has 0 atom stereocenters. The summed E-state index contributed by atoms with van der Waals surface area (Å²) >= 11 is 0. The second kappa shape index (κ2) is 4.64. The van der Waals surface area contributed by atoms with Crippen molar-refractivity contribution in [2.75, 3.05) is 7.11 Å². The summed E-state index contributed by atoms with van der Waals surface area (Å²) in [7, 11) is 1.51. The third kappa shape index (κ3) is 2.01. The van der Waals surface area contributed by atoms with Crippen LogP contribution >= 0.6 is 0 Å². The first kappa shape index (κ1) is 13.7. The lowest BCUT2D eigenvalue weighted by Crippen LogP contribution is -2.33. The number of ketones is 2. The largest absolute Gasteiger partial charge is 0.371 e. The summed E-state index contributed by atoms with van der Waals surface area (Å²) < 4.78 is 5.23. The van der Waals surface area contributed by atoms with Gasteiger partial charge in [-0.2, -0.15) is 0 Å². The van der Waals surface area contributed by atoms with Gasteiger partial charge in [-0.05, 0) is 31.0 Å². The van der Waals surface area contributed by atoms with E-state index in [1.54, 1.807) is 26.0 Å². The molecule has 3 nitrogen and oxygen atoms in total. The van der Waals surface area contributed by atoms with Crippen molar-refractivity contribution in [3.8, 4) is 11.1 Å². The van der Waals surface area contributed by atoms with Gasteiger partial charge in [0.05, 0.1) is 0 Å². The molecule has 21 heavy (non-hydrogen) atoms. The Bertz CT molecular complexity index is 757. The first-order valence-corrected chi connectivity index (χ1v) is 6.84. The van der Waals surface area contributed by atoms with Crippen LogP contribution in [-0.2, 0) is 4.74 Å². The van der Waals surface area contributed by atoms with Crippen molar-refractivity contribution >= 4 is 11.6 Å². The molecule has 2 aromatic carbocycles. The highest BCUT2D eigenvalue weighted by Gasteiger charge is 2.31. The van der Waals surface area contributed by atoms with Crippen molar-refractivity contribution in [3.05, 3.63) is 59.2 Å². The summed E-state index contributed by atoms with van der Waals surface area (Å²) in [5.74, 6) is -0.151. The zero-order chi connectivity index (χ0) is 15.2. The Hall–Kier alpha value is -2.26. The van der Waals surface area contributed by atoms with Crippen LogP contribution in [0.1, 0.15) is 40.1 Å². The van der Waals surface area contributed by atoms with Crippen molar-refractivity contribution in [3.63, 3.8) is 0 Å². The average molecular weight is 280 g/mol. The van der Waals surface area contributed by atoms with Crippen LogP contribution in [0.25, 0.3) is 11.1 Å². The summed E-state index contributed by atoms with van der Waals surface area (Å²) in [6.45, 7) is 3.44. The molecule has 3 rings (SSSR count). The van der Waals surface area contributed by atoms with Gasteiger partial charge in [-0.3, -0.25) is 9.59 Å². The van der Waals surface area contributed by atoms with Gasteiger partial charge in [-0.15, -0.1) is 0 Å². The molecule has 0 N–H and O–H groups in total. The minimum Gasteiger partial charge on any atom is -0.371 e. The van der Waals surface area contributed by atoms with Gasteiger partial charge in [0.1, 0.15) is 5.60 Å². The van der Waals surface area contributed by atoms with E-state index in [0.29, 0.717) is 16.7 Å². The lowest BCUT2D eigenvalue weighted by Gasteiger charge is -2.21. The molecule has 0 unspecified atom stereocenters. The van der Waals surface area contributed by atoms with Crippen LogP contribution < -0.4 is 0 Å². The van der Waals surface area contributed by atoms with Crippen LogP contribution in [0.3, 0.4) is 0 Å². The number of carbonyl (C=O) groups is 2. The Morgan fingerprint density at radius 1 is 0.952 bits per heavy atom. The lowest BCUT2D eigenvalue weighted by molar-refractivity contribution is 0.0228. The summed E-state index contributed by atoms with van der Waals surface area (Å²) in [6.07, 6.45) is 0. The molecule has 0 bridgehead atoms. The lowest BCUT2D eigenvalue weighted by atomic mass is 9.93. The number of Topliss-reactive ketones (excluding diaryl/α,β-unsaturated/α-hetero) is 1. The van der Waals surface area contributed by atoms with Crippen molar-refractivity contribution in [2.45, 2.75) is 19.4 Å². The molecule has 0 aromatic heterocycles. The van der Waals surface area contributed by atoms with Gasteiger partial charge in [0, 0.05) is 23.8 Å². The Kier molecular flexibility index (Phi) is 3.03. The molecule has 2 aromatic rings. The first-order valence-electron chi connectivity index (χ1n) is 6.84. The molecule has 0 spiro atoms. The minimum atomic E-state index is -0.900. The average Bonchev–Trinajstić information content (AvgIpc) is 2.80. The highest BCUT2D eigenvalue weighted by Crippen LogP contribution is 2.37. The van der Waals surface area contributed by atoms with E-state index in [0.717, 1.165) is 11.1 Å². The quantitative estimate of drug-likeness (QED) is 0.690. The van der Waals surface area contributed by atoms with E-state index in [9.17, 15) is 9.59 Å². The molecule has 0 amide bonds. The Balaban J connectivity index is 2.10. The molecule has 0 fully saturated rings. The number of hydrogen-bond donors (Lipinski definition) is 0. The number of ether oxygens (including phenoxy) is 1. The van der Waals surface area contributed by atoms with Gasteiger partial charge < -0.3 is 4.74 Å². The second-order valence-electron chi connectivity index (χ2n) is 5.68. The van der Waals surface area contributed by atoms with Crippen LogP contribution in [0, 0.1) is 0 Å². The van der Waals surface area contributed by atoms with Crippen molar-refractivity contribution in [1.29, 1.82) is 0 Å². The SMILES string of the molecule is COC(C)(C)C(=O)c1ccc2c(c1)C(=O)c1ccccc1-2. The van der Waals surface area contributed by atoms with Gasteiger partial charge in [0.2, 0.25) is 0 Å². The van der Waals surface area contributed by atoms with Crippen LogP contribution in [0.15, 0.2) is 42.5 Å². The van der Waals surface area contributed by atoms with Crippen molar-refractivity contribution in [2.24, 2.45) is 0 Å². The van der Waals surface area contributed by atoms with E-state index in [-0.39, 0.29) is 11.6 Å². The monoisotopic (exact) mass is 280 g/mol. The number of rotatable bonds is 3. The highest BCUT2D eigenvalue weighted by molar-refractivity contribution is 6.22. The fourth-order valence-corrected chi connectivity index (χ4v) is 2.61. The number of methoxy groups -OCH3 is 1. The molecule has 1 aliphatic rings. The van der Waals surface area contributed by atoms with Gasteiger partial charge in [-0.1, -0.05) is 36.4 Å². The van der Waals surface area contributed by atoms with Crippen LogP contribution in [0.2, 0.25) is 0 Å². The Morgan fingerprint density at radius 3 is 2.24 bits per heavy atom. The fourth-order valence-electron chi connectivity index (χ4n) is 2.61. The fraction of sp³-hybridized carbons (Fsp3) is 0.222. The third-order valence-electron chi connectivity index (χ3n) is 4.05. The number of carbonyl (C=O) groups excluding carboxylic acids is 2. The maximum Gasteiger partial charge on any atom is 0.194 e. The topological polar surface area (TPSA) is 43.4 Å². The molecule has 106 valence electrons. The highest BCUT2D eigenvalue weighted by atomic mass is 16.5. The molecule has 0 radical (unpaired) electrons. The Morgan fingerprint density at radius 2 is 1.57 bits per heavy atom. The Labute approximate surface area is 123 Å². The van der Waals surface area contributed by atoms with Gasteiger partial charge in [0.15, 0.2) is 11.6 Å². The molecule has 0 saturated heterocycles. The standard InChI is InChI=1S/C18H16O3/c1-18(2,21-3)17(20)11-8-9-13-12-6-4-5-7-14(12)16(19)15(13)10-11/h4-10H,1-3H3. The molecule has 0 heterocycles. The molecule has 0 aliphatic heterocycles. The van der Waals surface area contributed by atoms with Gasteiger partial charge in [-0.25, -0.2) is 0 Å². The number of benzene rings is 2. The van der Waals surface area contributed by atoms with Crippen LogP contribution in [0.4, 0.5) is 0 Å². The molecule has 3 heteroatoms. The maximum absolute atomic E-state index is 12.4. The molecular formula is C18H16O3. The van der Waals surface area contributed by atoms with E-state index < -0.39 is 5.60 Å². The van der Waals surface area contributed by atoms with E-state index >= 15 is 0 Å². The first-order chi connectivity index (χ1) is 9.95.